The van der Waals surface area contributed by atoms with Crippen molar-refractivity contribution in [2.75, 3.05) is 23.7 Å². The van der Waals surface area contributed by atoms with Crippen LogP contribution in [0.4, 0.5) is 11.4 Å². The number of benzene rings is 2. The summed E-state index contributed by atoms with van der Waals surface area (Å²) in [4.78, 5) is 11.9. The van der Waals surface area contributed by atoms with E-state index in [9.17, 15) is 15.2 Å². The predicted molar refractivity (Wildman–Crippen MR) is 90.5 cm³/mol. The van der Waals surface area contributed by atoms with Crippen molar-refractivity contribution in [2.24, 2.45) is 0 Å². The van der Waals surface area contributed by atoms with Gasteiger partial charge < -0.3 is 24.9 Å². The molecule has 0 aliphatic carbocycles. The molecule has 0 amide bonds. The number of hydrogen-bond donors (Lipinski definition) is 2. The molecule has 0 bridgehead atoms. The summed E-state index contributed by atoms with van der Waals surface area (Å²) in [6.07, 6.45) is 0. The molecule has 0 spiro atoms. The Kier molecular flexibility index (Phi) is 4.64. The monoisotopic (exact) mass is 327 g/mol. The lowest BCUT2D eigenvalue weighted by atomic mass is 10.2. The third kappa shape index (κ3) is 3.32. The minimum atomic E-state index is -0.919. The maximum atomic E-state index is 11.9. The molecule has 0 saturated heterocycles. The van der Waals surface area contributed by atoms with Gasteiger partial charge >= 0.3 is 5.63 Å². The Labute approximate surface area is 137 Å². The summed E-state index contributed by atoms with van der Waals surface area (Å²) in [6, 6.07) is 16.0. The number of fused-ring (bicyclic) bond motifs is 1. The number of nitrogens with zero attached hydrogens (tertiary/aromatic N) is 1. The predicted octanol–water partition coefficient (Wildman–Crippen LogP) is 2.98. The van der Waals surface area contributed by atoms with E-state index in [1.807, 2.05) is 30.3 Å². The quantitative estimate of drug-likeness (QED) is 0.408. The van der Waals surface area contributed by atoms with Gasteiger partial charge in [-0.1, -0.05) is 30.3 Å². The fraction of sp³-hybridized carbons (Fsp3) is 0.118. The van der Waals surface area contributed by atoms with E-state index in [1.54, 1.807) is 24.3 Å². The summed E-state index contributed by atoms with van der Waals surface area (Å²) in [5, 5.41) is 23.5. The molecule has 7 nitrogen and oxygen atoms in total. The summed E-state index contributed by atoms with van der Waals surface area (Å²) in [6.45, 7) is 0.630. The van der Waals surface area contributed by atoms with Crippen LogP contribution in [-0.4, -0.2) is 18.4 Å². The number of anilines is 2. The van der Waals surface area contributed by atoms with Crippen molar-refractivity contribution < 1.29 is 14.4 Å². The van der Waals surface area contributed by atoms with Crippen LogP contribution in [0.1, 0.15) is 0 Å². The van der Waals surface area contributed by atoms with Crippen molar-refractivity contribution in [3.8, 4) is 5.75 Å². The molecule has 3 rings (SSSR count). The SMILES string of the molecule is O=c1oc2ccccc2c(NCCOc2ccccc2)c1N([O-])O. The summed E-state index contributed by atoms with van der Waals surface area (Å²) < 4.78 is 10.6. The summed E-state index contributed by atoms with van der Waals surface area (Å²) in [5.41, 5.74) is -0.887. The first kappa shape index (κ1) is 15.9. The van der Waals surface area contributed by atoms with Gasteiger partial charge in [0.15, 0.2) is 5.69 Å². The van der Waals surface area contributed by atoms with E-state index in [1.165, 1.54) is 0 Å². The van der Waals surface area contributed by atoms with E-state index in [0.29, 0.717) is 29.9 Å². The summed E-state index contributed by atoms with van der Waals surface area (Å²) in [5.74, 6) is 0.713. The lowest BCUT2D eigenvalue weighted by molar-refractivity contribution is 0.293. The molecule has 0 aliphatic rings. The highest BCUT2D eigenvalue weighted by molar-refractivity contribution is 5.96. The molecule has 0 saturated carbocycles. The highest BCUT2D eigenvalue weighted by Crippen LogP contribution is 2.29. The highest BCUT2D eigenvalue weighted by Gasteiger charge is 2.15. The van der Waals surface area contributed by atoms with Crippen molar-refractivity contribution in [1.82, 2.24) is 0 Å². The van der Waals surface area contributed by atoms with Crippen LogP contribution in [0, 0.1) is 5.21 Å². The molecule has 24 heavy (non-hydrogen) atoms. The van der Waals surface area contributed by atoms with E-state index < -0.39 is 16.5 Å². The Balaban J connectivity index is 1.82. The van der Waals surface area contributed by atoms with Crippen LogP contribution in [0.15, 0.2) is 63.8 Å². The maximum Gasteiger partial charge on any atom is 0.363 e. The van der Waals surface area contributed by atoms with E-state index in [4.69, 9.17) is 9.15 Å². The van der Waals surface area contributed by atoms with Gasteiger partial charge in [0, 0.05) is 11.9 Å². The highest BCUT2D eigenvalue weighted by atomic mass is 16.8. The van der Waals surface area contributed by atoms with E-state index in [0.717, 1.165) is 0 Å². The Morgan fingerprint density at radius 2 is 1.83 bits per heavy atom. The Morgan fingerprint density at radius 1 is 1.12 bits per heavy atom. The van der Waals surface area contributed by atoms with Crippen LogP contribution in [0.3, 0.4) is 0 Å². The van der Waals surface area contributed by atoms with E-state index in [2.05, 4.69) is 5.32 Å². The number of para-hydroxylation sites is 2. The van der Waals surface area contributed by atoms with Gasteiger partial charge in [0.25, 0.3) is 0 Å². The second-order valence-electron chi connectivity index (χ2n) is 4.97. The number of rotatable bonds is 6. The molecule has 3 aromatic rings. The normalized spacial score (nSPS) is 10.6. The van der Waals surface area contributed by atoms with Crippen LogP contribution >= 0.6 is 0 Å². The van der Waals surface area contributed by atoms with Crippen molar-refractivity contribution in [3.63, 3.8) is 0 Å². The molecule has 0 atom stereocenters. The summed E-state index contributed by atoms with van der Waals surface area (Å²) >= 11 is 0. The fourth-order valence-electron chi connectivity index (χ4n) is 2.35. The molecule has 0 fully saturated rings. The molecule has 0 unspecified atom stereocenters. The number of nitrogens with one attached hydrogen (secondary N) is 1. The largest absolute Gasteiger partial charge is 0.733 e. The molecule has 2 aromatic carbocycles. The topological polar surface area (TPSA) is 98.0 Å². The van der Waals surface area contributed by atoms with Crippen LogP contribution < -0.4 is 20.9 Å². The molecule has 1 aromatic heterocycles. The van der Waals surface area contributed by atoms with Crippen LogP contribution in [-0.2, 0) is 0 Å². The summed E-state index contributed by atoms with van der Waals surface area (Å²) in [7, 11) is 0. The van der Waals surface area contributed by atoms with Crippen molar-refractivity contribution >= 4 is 22.3 Å². The fourth-order valence-corrected chi connectivity index (χ4v) is 2.35. The lowest BCUT2D eigenvalue weighted by Gasteiger charge is -2.24. The Hall–Kier alpha value is -3.03. The smallest absolute Gasteiger partial charge is 0.363 e. The van der Waals surface area contributed by atoms with Crippen molar-refractivity contribution in [2.45, 2.75) is 0 Å². The third-order valence-electron chi connectivity index (χ3n) is 3.40. The molecular formula is C17H15N2O5-. The van der Waals surface area contributed by atoms with Gasteiger partial charge in [0.05, 0.1) is 5.69 Å². The zero-order valence-corrected chi connectivity index (χ0v) is 12.6. The molecule has 1 heterocycles. The average molecular weight is 327 g/mol. The standard InChI is InChI=1S/C17H15N2O5/c20-17-16(19(21)22)15(13-8-4-5-9-14(13)24-17)18-10-11-23-12-6-2-1-3-7-12/h1-9,18,21H,10-11H2/q-1. The minimum absolute atomic E-state index is 0.205. The Morgan fingerprint density at radius 3 is 2.58 bits per heavy atom. The maximum absolute atomic E-state index is 11.9. The van der Waals surface area contributed by atoms with Gasteiger partial charge in [-0.25, -0.2) is 4.79 Å². The van der Waals surface area contributed by atoms with Crippen molar-refractivity contribution in [3.05, 3.63) is 70.2 Å². The molecule has 2 N–H and O–H groups in total. The third-order valence-corrected chi connectivity index (χ3v) is 3.40. The van der Waals surface area contributed by atoms with Gasteiger partial charge in [0.2, 0.25) is 0 Å². The second kappa shape index (κ2) is 7.03. The minimum Gasteiger partial charge on any atom is -0.733 e. The van der Waals surface area contributed by atoms with Gasteiger partial charge in [-0.15, -0.1) is 0 Å². The Bertz CT molecular complexity index is 877. The van der Waals surface area contributed by atoms with E-state index in [-0.39, 0.29) is 5.69 Å². The number of ether oxygens (including phenoxy) is 1. The molecule has 7 heteroatoms. The van der Waals surface area contributed by atoms with Gasteiger partial charge in [0.1, 0.15) is 17.9 Å². The van der Waals surface area contributed by atoms with Crippen molar-refractivity contribution in [1.29, 1.82) is 0 Å². The first-order valence-electron chi connectivity index (χ1n) is 7.30. The molecule has 124 valence electrons. The average Bonchev–Trinajstić information content (AvgIpc) is 2.58. The van der Waals surface area contributed by atoms with Gasteiger partial charge in [-0.3, -0.25) is 5.21 Å². The van der Waals surface area contributed by atoms with Gasteiger partial charge in [-0.2, -0.15) is 0 Å². The van der Waals surface area contributed by atoms with Crippen LogP contribution in [0.25, 0.3) is 11.0 Å². The second-order valence-corrected chi connectivity index (χ2v) is 4.97. The van der Waals surface area contributed by atoms with Crippen LogP contribution in [0.2, 0.25) is 0 Å². The van der Waals surface area contributed by atoms with E-state index >= 15 is 0 Å². The molecule has 0 aliphatic heterocycles. The van der Waals surface area contributed by atoms with Crippen LogP contribution in [0.5, 0.6) is 5.75 Å². The zero-order valence-electron chi connectivity index (χ0n) is 12.6. The molecular weight excluding hydrogens is 312 g/mol. The van der Waals surface area contributed by atoms with Gasteiger partial charge in [-0.05, 0) is 24.3 Å². The zero-order chi connectivity index (χ0) is 16.9. The first-order valence-corrected chi connectivity index (χ1v) is 7.30. The molecule has 0 radical (unpaired) electrons. The first-order chi connectivity index (χ1) is 11.7. The number of hydrogen-bond acceptors (Lipinski definition) is 7. The lowest BCUT2D eigenvalue weighted by Crippen LogP contribution is -2.21.